The van der Waals surface area contributed by atoms with Crippen LogP contribution in [0.1, 0.15) is 13.8 Å². The van der Waals surface area contributed by atoms with E-state index in [4.69, 9.17) is 21.1 Å². The summed E-state index contributed by atoms with van der Waals surface area (Å²) in [5, 5.41) is 27.2. The second-order valence-corrected chi connectivity index (χ2v) is 3.22. The number of rotatable bonds is 5. The van der Waals surface area contributed by atoms with Gasteiger partial charge in [-0.15, -0.1) is 0 Å². The van der Waals surface area contributed by atoms with E-state index in [1.165, 1.54) is 13.8 Å². The van der Waals surface area contributed by atoms with Crippen LogP contribution in [-0.4, -0.2) is 53.1 Å². The zero-order chi connectivity index (χ0) is 11.6. The van der Waals surface area contributed by atoms with Crippen molar-refractivity contribution >= 4 is 5.97 Å². The standard InChI is InChI=1S/C4H9NO2.C4H11NO2/c1-4(2,5)3(6)7;6-3-1-5-2-4-7/h5H2,1-2H3,(H,6,7);5-7H,1-4H2. The Hall–Kier alpha value is -0.690. The molecule has 6 N–H and O–H groups in total. The molecule has 0 aliphatic carbocycles. The van der Waals surface area contributed by atoms with Gasteiger partial charge in [0.25, 0.3) is 0 Å². The lowest BCUT2D eigenvalue weighted by Crippen LogP contribution is -2.41. The Balaban J connectivity index is 0. The van der Waals surface area contributed by atoms with Gasteiger partial charge in [0.2, 0.25) is 0 Å². The third-order valence-corrected chi connectivity index (χ3v) is 1.13. The van der Waals surface area contributed by atoms with Gasteiger partial charge in [-0.1, -0.05) is 0 Å². The van der Waals surface area contributed by atoms with Crippen LogP contribution in [0.3, 0.4) is 0 Å². The Labute approximate surface area is 83.7 Å². The molecular weight excluding hydrogens is 188 g/mol. The van der Waals surface area contributed by atoms with Crippen molar-refractivity contribution < 1.29 is 20.1 Å². The molecule has 0 spiro atoms. The van der Waals surface area contributed by atoms with E-state index in [1.54, 1.807) is 0 Å². The minimum atomic E-state index is -1.08. The molecule has 0 aliphatic rings. The maximum Gasteiger partial charge on any atom is 0.323 e. The largest absolute Gasteiger partial charge is 0.480 e. The monoisotopic (exact) mass is 208 g/mol. The molecule has 0 bridgehead atoms. The molecule has 6 heteroatoms. The van der Waals surface area contributed by atoms with E-state index >= 15 is 0 Å². The van der Waals surface area contributed by atoms with Crippen molar-refractivity contribution in [3.8, 4) is 0 Å². The molecule has 0 fully saturated rings. The van der Waals surface area contributed by atoms with Crippen LogP contribution < -0.4 is 11.1 Å². The molecule has 6 nitrogen and oxygen atoms in total. The molecule has 0 rings (SSSR count). The van der Waals surface area contributed by atoms with Crippen LogP contribution >= 0.6 is 0 Å². The number of carboxylic acids is 1. The van der Waals surface area contributed by atoms with Crippen LogP contribution in [0.5, 0.6) is 0 Å². The molecule has 0 aromatic rings. The number of hydrogen-bond acceptors (Lipinski definition) is 5. The first kappa shape index (κ1) is 15.8. The zero-order valence-electron chi connectivity index (χ0n) is 8.66. The average molecular weight is 208 g/mol. The summed E-state index contributed by atoms with van der Waals surface area (Å²) in [4.78, 5) is 9.90. The van der Waals surface area contributed by atoms with Crippen molar-refractivity contribution in [2.24, 2.45) is 5.73 Å². The van der Waals surface area contributed by atoms with Gasteiger partial charge in [-0.05, 0) is 13.8 Å². The maximum atomic E-state index is 9.90. The third-order valence-electron chi connectivity index (χ3n) is 1.13. The number of hydrogen-bond donors (Lipinski definition) is 5. The van der Waals surface area contributed by atoms with E-state index < -0.39 is 11.5 Å². The normalized spacial score (nSPS) is 10.4. The van der Waals surface area contributed by atoms with Crippen molar-refractivity contribution in [2.45, 2.75) is 19.4 Å². The predicted octanol–water partition coefficient (Wildman–Crippen LogP) is -1.63. The number of aliphatic carboxylic acids is 1. The number of nitrogens with one attached hydrogen (secondary N) is 1. The number of aliphatic hydroxyl groups is 2. The van der Waals surface area contributed by atoms with Crippen molar-refractivity contribution in [2.75, 3.05) is 26.3 Å². The first-order chi connectivity index (χ1) is 6.36. The molecular formula is C8H20N2O4. The van der Waals surface area contributed by atoms with Crippen LogP contribution in [0.4, 0.5) is 0 Å². The summed E-state index contributed by atoms with van der Waals surface area (Å²) in [7, 11) is 0. The second kappa shape index (κ2) is 8.89. The van der Waals surface area contributed by atoms with Crippen molar-refractivity contribution in [1.82, 2.24) is 5.32 Å². The van der Waals surface area contributed by atoms with Crippen LogP contribution in [0.25, 0.3) is 0 Å². The van der Waals surface area contributed by atoms with Gasteiger partial charge in [0.05, 0.1) is 13.2 Å². The van der Waals surface area contributed by atoms with Crippen molar-refractivity contribution in [3.05, 3.63) is 0 Å². The van der Waals surface area contributed by atoms with Gasteiger partial charge in [0.1, 0.15) is 5.54 Å². The summed E-state index contributed by atoms with van der Waals surface area (Å²) in [5.74, 6) is -0.979. The van der Waals surface area contributed by atoms with E-state index in [9.17, 15) is 4.79 Å². The molecule has 0 unspecified atom stereocenters. The van der Waals surface area contributed by atoms with E-state index in [-0.39, 0.29) is 13.2 Å². The molecule has 0 saturated carbocycles. The Morgan fingerprint density at radius 3 is 1.71 bits per heavy atom. The van der Waals surface area contributed by atoms with Gasteiger partial charge in [-0.25, -0.2) is 0 Å². The van der Waals surface area contributed by atoms with E-state index in [0.717, 1.165) is 0 Å². The fourth-order valence-corrected chi connectivity index (χ4v) is 0.283. The van der Waals surface area contributed by atoms with E-state index in [1.807, 2.05) is 0 Å². The van der Waals surface area contributed by atoms with Gasteiger partial charge in [0, 0.05) is 13.1 Å². The third kappa shape index (κ3) is 13.9. The predicted molar refractivity (Wildman–Crippen MR) is 52.9 cm³/mol. The summed E-state index contributed by atoms with van der Waals surface area (Å²) >= 11 is 0. The highest BCUT2D eigenvalue weighted by Crippen LogP contribution is 1.93. The van der Waals surface area contributed by atoms with Crippen molar-refractivity contribution in [3.63, 3.8) is 0 Å². The van der Waals surface area contributed by atoms with Gasteiger partial charge >= 0.3 is 5.97 Å². The fraction of sp³-hybridized carbons (Fsp3) is 0.875. The second-order valence-electron chi connectivity index (χ2n) is 3.22. The molecule has 0 aliphatic heterocycles. The van der Waals surface area contributed by atoms with Gasteiger partial charge in [-0.3, -0.25) is 4.79 Å². The van der Waals surface area contributed by atoms with Gasteiger partial charge in [-0.2, -0.15) is 0 Å². The number of nitrogens with two attached hydrogens (primary N) is 1. The lowest BCUT2D eigenvalue weighted by atomic mass is 10.1. The molecule has 0 aromatic carbocycles. The molecule has 0 atom stereocenters. The van der Waals surface area contributed by atoms with Crippen LogP contribution in [0.15, 0.2) is 0 Å². The van der Waals surface area contributed by atoms with Gasteiger partial charge < -0.3 is 26.4 Å². The Morgan fingerprint density at radius 1 is 1.29 bits per heavy atom. The highest BCUT2D eigenvalue weighted by Gasteiger charge is 2.19. The zero-order valence-corrected chi connectivity index (χ0v) is 8.66. The minimum Gasteiger partial charge on any atom is -0.480 e. The summed E-state index contributed by atoms with van der Waals surface area (Å²) in [5.41, 5.74) is 4.00. The lowest BCUT2D eigenvalue weighted by molar-refractivity contribution is -0.141. The SMILES string of the molecule is CC(C)(N)C(=O)O.OCCNCCO. The van der Waals surface area contributed by atoms with Crippen molar-refractivity contribution in [1.29, 1.82) is 0 Å². The minimum absolute atomic E-state index is 0.139. The van der Waals surface area contributed by atoms with Gasteiger partial charge in [0.15, 0.2) is 0 Å². The molecule has 0 radical (unpaired) electrons. The topological polar surface area (TPSA) is 116 Å². The quantitative estimate of drug-likeness (QED) is 0.346. The Morgan fingerprint density at radius 2 is 1.57 bits per heavy atom. The smallest absolute Gasteiger partial charge is 0.323 e. The first-order valence-electron chi connectivity index (χ1n) is 4.31. The first-order valence-corrected chi connectivity index (χ1v) is 4.31. The van der Waals surface area contributed by atoms with E-state index in [2.05, 4.69) is 5.32 Å². The average Bonchev–Trinajstić information content (AvgIpc) is 2.05. The highest BCUT2D eigenvalue weighted by molar-refractivity contribution is 5.77. The molecule has 14 heavy (non-hydrogen) atoms. The number of aliphatic hydroxyl groups excluding tert-OH is 2. The molecule has 0 heterocycles. The van der Waals surface area contributed by atoms with E-state index in [0.29, 0.717) is 13.1 Å². The summed E-state index contributed by atoms with van der Waals surface area (Å²) < 4.78 is 0. The Kier molecular flexibility index (Phi) is 10.0. The highest BCUT2D eigenvalue weighted by atomic mass is 16.4. The summed E-state index contributed by atoms with van der Waals surface area (Å²) in [6.45, 7) is 4.30. The lowest BCUT2D eigenvalue weighted by Gasteiger charge is -2.09. The molecule has 0 aromatic heterocycles. The summed E-state index contributed by atoms with van der Waals surface area (Å²) in [6, 6.07) is 0. The fourth-order valence-electron chi connectivity index (χ4n) is 0.283. The van der Waals surface area contributed by atoms with Crippen LogP contribution in [-0.2, 0) is 4.79 Å². The summed E-state index contributed by atoms with van der Waals surface area (Å²) in [6.07, 6.45) is 0. The molecule has 0 saturated heterocycles. The maximum absolute atomic E-state index is 9.90. The number of carboxylic acid groups (broad SMARTS) is 1. The Bertz CT molecular complexity index is 141. The molecule has 86 valence electrons. The molecule has 0 amide bonds. The van der Waals surface area contributed by atoms with Crippen LogP contribution in [0, 0.1) is 0 Å². The number of carbonyl (C=O) groups is 1. The van der Waals surface area contributed by atoms with Crippen LogP contribution in [0.2, 0.25) is 0 Å².